The molecule has 0 radical (unpaired) electrons. The Kier molecular flexibility index (Phi) is 3.37. The van der Waals surface area contributed by atoms with Crippen molar-refractivity contribution < 1.29 is 4.74 Å². The number of imidazole rings is 1. The monoisotopic (exact) mass is 216 g/mol. The van der Waals surface area contributed by atoms with E-state index in [1.807, 2.05) is 42.9 Å². The second-order valence-electron chi connectivity index (χ2n) is 3.85. The fraction of sp³-hybridized carbons (Fsp3) is 0.308. The molecule has 84 valence electrons. The molecule has 0 aliphatic heterocycles. The van der Waals surface area contributed by atoms with Crippen LogP contribution in [-0.2, 0) is 18.1 Å². The standard InChI is InChI=1S/C13H16N2O/c1-11-12(2)15(9-14-11)10-16-8-13-6-4-3-5-7-13/h3-7,9H,8,10H2,1-2H3. The lowest BCUT2D eigenvalue weighted by atomic mass is 10.2. The Hall–Kier alpha value is -1.61. The minimum atomic E-state index is 0.557. The van der Waals surface area contributed by atoms with Gasteiger partial charge in [0.1, 0.15) is 6.73 Å². The van der Waals surface area contributed by atoms with E-state index in [0.717, 1.165) is 11.4 Å². The van der Waals surface area contributed by atoms with Gasteiger partial charge >= 0.3 is 0 Å². The van der Waals surface area contributed by atoms with Crippen molar-refractivity contribution in [3.8, 4) is 0 Å². The highest BCUT2D eigenvalue weighted by atomic mass is 16.5. The van der Waals surface area contributed by atoms with Crippen LogP contribution in [-0.4, -0.2) is 9.55 Å². The van der Waals surface area contributed by atoms with E-state index in [2.05, 4.69) is 17.1 Å². The Morgan fingerprint density at radius 2 is 1.94 bits per heavy atom. The molecular weight excluding hydrogens is 200 g/mol. The van der Waals surface area contributed by atoms with Gasteiger partial charge in [0.25, 0.3) is 0 Å². The maximum atomic E-state index is 5.62. The van der Waals surface area contributed by atoms with Crippen molar-refractivity contribution in [2.24, 2.45) is 0 Å². The molecule has 16 heavy (non-hydrogen) atoms. The van der Waals surface area contributed by atoms with Crippen LogP contribution >= 0.6 is 0 Å². The third-order valence-electron chi connectivity index (χ3n) is 2.69. The summed E-state index contributed by atoms with van der Waals surface area (Å²) in [6, 6.07) is 10.2. The van der Waals surface area contributed by atoms with E-state index >= 15 is 0 Å². The summed E-state index contributed by atoms with van der Waals surface area (Å²) in [7, 11) is 0. The molecule has 0 saturated carbocycles. The highest BCUT2D eigenvalue weighted by Gasteiger charge is 2.01. The minimum Gasteiger partial charge on any atom is -0.356 e. The second-order valence-corrected chi connectivity index (χ2v) is 3.85. The first-order chi connectivity index (χ1) is 7.77. The van der Waals surface area contributed by atoms with Crippen LogP contribution in [0.1, 0.15) is 17.0 Å². The summed E-state index contributed by atoms with van der Waals surface area (Å²) >= 11 is 0. The average Bonchev–Trinajstić information content (AvgIpc) is 2.62. The number of aryl methyl sites for hydroxylation is 1. The number of ether oxygens (including phenoxy) is 1. The zero-order valence-corrected chi connectivity index (χ0v) is 9.68. The molecule has 0 fully saturated rings. The van der Waals surface area contributed by atoms with E-state index in [4.69, 9.17) is 4.74 Å². The lowest BCUT2D eigenvalue weighted by Gasteiger charge is -2.07. The summed E-state index contributed by atoms with van der Waals surface area (Å²) in [4.78, 5) is 4.22. The summed E-state index contributed by atoms with van der Waals surface area (Å²) in [6.45, 7) is 5.25. The second kappa shape index (κ2) is 4.94. The molecule has 2 aromatic rings. The molecule has 0 saturated heterocycles. The van der Waals surface area contributed by atoms with Crippen molar-refractivity contribution in [1.29, 1.82) is 0 Å². The third-order valence-corrected chi connectivity index (χ3v) is 2.69. The van der Waals surface area contributed by atoms with Crippen molar-refractivity contribution in [1.82, 2.24) is 9.55 Å². The Balaban J connectivity index is 1.87. The van der Waals surface area contributed by atoms with E-state index in [1.165, 1.54) is 5.56 Å². The van der Waals surface area contributed by atoms with Gasteiger partial charge < -0.3 is 9.30 Å². The zero-order valence-electron chi connectivity index (χ0n) is 9.68. The number of hydrogen-bond donors (Lipinski definition) is 0. The molecule has 0 aliphatic carbocycles. The molecule has 2 rings (SSSR count). The molecule has 0 unspecified atom stereocenters. The fourth-order valence-electron chi connectivity index (χ4n) is 1.51. The summed E-state index contributed by atoms with van der Waals surface area (Å²) < 4.78 is 7.64. The molecule has 0 atom stereocenters. The van der Waals surface area contributed by atoms with Gasteiger partial charge in [-0.3, -0.25) is 0 Å². The van der Waals surface area contributed by atoms with Crippen LogP contribution in [0.5, 0.6) is 0 Å². The summed E-state index contributed by atoms with van der Waals surface area (Å²) in [5.74, 6) is 0. The maximum absolute atomic E-state index is 5.62. The van der Waals surface area contributed by atoms with Gasteiger partial charge in [0.2, 0.25) is 0 Å². The number of benzene rings is 1. The van der Waals surface area contributed by atoms with Gasteiger partial charge in [-0.25, -0.2) is 4.98 Å². The largest absolute Gasteiger partial charge is 0.356 e. The van der Waals surface area contributed by atoms with E-state index < -0.39 is 0 Å². The Morgan fingerprint density at radius 3 is 2.56 bits per heavy atom. The molecular formula is C13H16N2O. The predicted molar refractivity (Wildman–Crippen MR) is 62.9 cm³/mol. The third kappa shape index (κ3) is 2.49. The molecule has 0 aliphatic rings. The molecule has 3 nitrogen and oxygen atoms in total. The van der Waals surface area contributed by atoms with E-state index in [-0.39, 0.29) is 0 Å². The lowest BCUT2D eigenvalue weighted by molar-refractivity contribution is 0.0627. The molecule has 0 spiro atoms. The van der Waals surface area contributed by atoms with E-state index in [1.54, 1.807) is 0 Å². The molecule has 1 heterocycles. The summed E-state index contributed by atoms with van der Waals surface area (Å²) in [6.07, 6.45) is 1.82. The summed E-state index contributed by atoms with van der Waals surface area (Å²) in [5, 5.41) is 0. The Morgan fingerprint density at radius 1 is 1.19 bits per heavy atom. The van der Waals surface area contributed by atoms with Gasteiger partial charge in [-0.1, -0.05) is 30.3 Å². The van der Waals surface area contributed by atoms with Gasteiger partial charge in [0.05, 0.1) is 18.6 Å². The van der Waals surface area contributed by atoms with Crippen molar-refractivity contribution in [2.75, 3.05) is 0 Å². The van der Waals surface area contributed by atoms with Crippen molar-refractivity contribution in [2.45, 2.75) is 27.2 Å². The molecule has 1 aromatic carbocycles. The minimum absolute atomic E-state index is 0.557. The summed E-state index contributed by atoms with van der Waals surface area (Å²) in [5.41, 5.74) is 3.41. The number of nitrogens with zero attached hydrogens (tertiary/aromatic N) is 2. The van der Waals surface area contributed by atoms with Crippen LogP contribution in [0, 0.1) is 13.8 Å². The lowest BCUT2D eigenvalue weighted by Crippen LogP contribution is -2.03. The van der Waals surface area contributed by atoms with Crippen molar-refractivity contribution in [3.05, 3.63) is 53.6 Å². The van der Waals surface area contributed by atoms with Crippen LogP contribution in [0.25, 0.3) is 0 Å². The highest BCUT2D eigenvalue weighted by Crippen LogP contribution is 2.06. The van der Waals surface area contributed by atoms with Gasteiger partial charge in [0, 0.05) is 5.69 Å². The topological polar surface area (TPSA) is 27.1 Å². The number of hydrogen-bond acceptors (Lipinski definition) is 2. The highest BCUT2D eigenvalue weighted by molar-refractivity contribution is 5.13. The molecule has 0 bridgehead atoms. The zero-order chi connectivity index (χ0) is 11.4. The van der Waals surface area contributed by atoms with Gasteiger partial charge in [0.15, 0.2) is 0 Å². The Bertz CT molecular complexity index is 448. The Labute approximate surface area is 95.7 Å². The average molecular weight is 216 g/mol. The van der Waals surface area contributed by atoms with Crippen LogP contribution in [0.4, 0.5) is 0 Å². The van der Waals surface area contributed by atoms with Crippen LogP contribution in [0.3, 0.4) is 0 Å². The van der Waals surface area contributed by atoms with Gasteiger partial charge in [-0.05, 0) is 19.4 Å². The normalized spacial score (nSPS) is 10.6. The molecule has 0 N–H and O–H groups in total. The fourth-order valence-corrected chi connectivity index (χ4v) is 1.51. The van der Waals surface area contributed by atoms with Crippen molar-refractivity contribution in [3.63, 3.8) is 0 Å². The molecule has 1 aromatic heterocycles. The van der Waals surface area contributed by atoms with Crippen LogP contribution in [0.15, 0.2) is 36.7 Å². The van der Waals surface area contributed by atoms with Crippen LogP contribution in [0.2, 0.25) is 0 Å². The number of aromatic nitrogens is 2. The van der Waals surface area contributed by atoms with Gasteiger partial charge in [-0.2, -0.15) is 0 Å². The smallest absolute Gasteiger partial charge is 0.124 e. The van der Waals surface area contributed by atoms with Crippen LogP contribution < -0.4 is 0 Å². The first-order valence-electron chi connectivity index (χ1n) is 5.37. The quantitative estimate of drug-likeness (QED) is 0.785. The SMILES string of the molecule is Cc1ncn(COCc2ccccc2)c1C. The molecule has 3 heteroatoms. The van der Waals surface area contributed by atoms with E-state index in [9.17, 15) is 0 Å². The molecule has 0 amide bonds. The van der Waals surface area contributed by atoms with Crippen molar-refractivity contribution >= 4 is 0 Å². The van der Waals surface area contributed by atoms with E-state index in [0.29, 0.717) is 13.3 Å². The van der Waals surface area contributed by atoms with Gasteiger partial charge in [-0.15, -0.1) is 0 Å². The predicted octanol–water partition coefficient (Wildman–Crippen LogP) is 2.67. The maximum Gasteiger partial charge on any atom is 0.124 e. The number of rotatable bonds is 4. The first-order valence-corrected chi connectivity index (χ1v) is 5.37. The first kappa shape index (κ1) is 10.9.